The quantitative estimate of drug-likeness (QED) is 0.315. The van der Waals surface area contributed by atoms with E-state index in [9.17, 15) is 9.59 Å². The van der Waals surface area contributed by atoms with Crippen LogP contribution in [0.2, 0.25) is 0 Å². The first-order valence-corrected chi connectivity index (χ1v) is 13.6. The summed E-state index contributed by atoms with van der Waals surface area (Å²) in [5.41, 5.74) is 4.09. The molecule has 0 aliphatic rings. The Kier molecular flexibility index (Phi) is 6.46. The lowest BCUT2D eigenvalue weighted by atomic mass is 10.0. The molecule has 1 atom stereocenters. The maximum atomic E-state index is 14.2. The molecule has 1 N–H and O–H groups in total. The van der Waals surface area contributed by atoms with Crippen molar-refractivity contribution >= 4 is 33.7 Å². The Bertz CT molecular complexity index is 2030. The molecule has 6 rings (SSSR count). The Labute approximate surface area is 234 Å². The first-order valence-electron chi connectivity index (χ1n) is 12.7. The second-order valence-electron chi connectivity index (χ2n) is 9.40. The van der Waals surface area contributed by atoms with E-state index >= 15 is 0 Å². The molecule has 40 heavy (non-hydrogen) atoms. The highest BCUT2D eigenvalue weighted by Gasteiger charge is 2.23. The van der Waals surface area contributed by atoms with Gasteiger partial charge in [0, 0.05) is 40.4 Å². The fraction of sp³-hybridized carbons (Fsp3) is 0.129. The van der Waals surface area contributed by atoms with E-state index in [2.05, 4.69) is 32.2 Å². The van der Waals surface area contributed by atoms with E-state index in [4.69, 9.17) is 0 Å². The zero-order valence-corrected chi connectivity index (χ0v) is 22.9. The fourth-order valence-corrected chi connectivity index (χ4v) is 5.43. The predicted octanol–water partition coefficient (Wildman–Crippen LogP) is 5.00. The number of rotatable bonds is 4. The van der Waals surface area contributed by atoms with Crippen LogP contribution in [0.25, 0.3) is 22.1 Å². The smallest absolute Gasteiger partial charge is 0.264 e. The van der Waals surface area contributed by atoms with Crippen LogP contribution in [0.5, 0.6) is 0 Å². The number of pyridine rings is 1. The van der Waals surface area contributed by atoms with Crippen LogP contribution in [-0.2, 0) is 0 Å². The number of carbonyl (C=O) groups excluding carboxylic acids is 1. The molecule has 0 bridgehead atoms. The predicted molar refractivity (Wildman–Crippen MR) is 156 cm³/mol. The number of aryl methyl sites for hydroxylation is 2. The second-order valence-corrected chi connectivity index (χ2v) is 10.3. The standard InChI is InChI=1S/C31H24N6O2S/c1-19-18-40-26(33-19)14-13-22-9-7-10-23-17-25(37(31(39)28(22)23)24-11-5-4-6-12-24)20(2)34-30(38)27-21(3)35-36-16-8-15-32-29(27)36/h4-12,15-18,20H,1-3H3,(H,34,38)/t20-/m0/s1. The van der Waals surface area contributed by atoms with Crippen molar-refractivity contribution < 1.29 is 4.79 Å². The minimum atomic E-state index is -0.518. The minimum Gasteiger partial charge on any atom is -0.344 e. The molecule has 0 saturated carbocycles. The summed E-state index contributed by atoms with van der Waals surface area (Å²) in [4.78, 5) is 36.4. The summed E-state index contributed by atoms with van der Waals surface area (Å²) in [5.74, 6) is 5.94. The number of hydrogen-bond acceptors (Lipinski definition) is 6. The van der Waals surface area contributed by atoms with Gasteiger partial charge in [-0.1, -0.05) is 36.3 Å². The number of amides is 1. The molecular weight excluding hydrogens is 520 g/mol. The second kappa shape index (κ2) is 10.2. The molecule has 6 aromatic rings. The van der Waals surface area contributed by atoms with E-state index in [0.29, 0.717) is 44.2 Å². The average Bonchev–Trinajstić information content (AvgIpc) is 3.53. The van der Waals surface area contributed by atoms with Gasteiger partial charge in [0.05, 0.1) is 17.1 Å². The number of nitrogens with one attached hydrogen (secondary N) is 1. The van der Waals surface area contributed by atoms with E-state index < -0.39 is 6.04 Å². The topological polar surface area (TPSA) is 94.2 Å². The third-order valence-corrected chi connectivity index (χ3v) is 7.48. The van der Waals surface area contributed by atoms with E-state index in [1.54, 1.807) is 34.5 Å². The summed E-state index contributed by atoms with van der Waals surface area (Å²) in [5, 5.41) is 11.4. The number of hydrogen-bond donors (Lipinski definition) is 1. The lowest BCUT2D eigenvalue weighted by Gasteiger charge is -2.21. The average molecular weight is 545 g/mol. The highest BCUT2D eigenvalue weighted by Crippen LogP contribution is 2.24. The van der Waals surface area contributed by atoms with E-state index in [0.717, 1.165) is 11.1 Å². The lowest BCUT2D eigenvalue weighted by molar-refractivity contribution is 0.0939. The minimum absolute atomic E-state index is 0.214. The Hall–Kier alpha value is -5.07. The van der Waals surface area contributed by atoms with Crippen molar-refractivity contribution in [2.75, 3.05) is 0 Å². The molecule has 4 heterocycles. The number of benzene rings is 2. The third-order valence-electron chi connectivity index (χ3n) is 6.60. The molecule has 0 spiro atoms. The zero-order valence-electron chi connectivity index (χ0n) is 22.0. The summed E-state index contributed by atoms with van der Waals surface area (Å²) < 4.78 is 3.23. The number of fused-ring (bicyclic) bond motifs is 2. The molecule has 0 radical (unpaired) electrons. The van der Waals surface area contributed by atoms with Gasteiger partial charge in [-0.05, 0) is 62.4 Å². The van der Waals surface area contributed by atoms with Crippen LogP contribution in [0.3, 0.4) is 0 Å². The van der Waals surface area contributed by atoms with E-state index in [-0.39, 0.29) is 11.5 Å². The van der Waals surface area contributed by atoms with Gasteiger partial charge in [0.1, 0.15) is 5.56 Å². The number of aromatic nitrogens is 5. The first-order chi connectivity index (χ1) is 19.4. The maximum Gasteiger partial charge on any atom is 0.264 e. The summed E-state index contributed by atoms with van der Waals surface area (Å²) in [6.07, 6.45) is 3.38. The summed E-state index contributed by atoms with van der Waals surface area (Å²) in [7, 11) is 0. The van der Waals surface area contributed by atoms with Crippen LogP contribution in [0.15, 0.2) is 83.2 Å². The van der Waals surface area contributed by atoms with Crippen molar-refractivity contribution in [3.8, 4) is 17.5 Å². The van der Waals surface area contributed by atoms with Crippen LogP contribution in [0, 0.1) is 25.7 Å². The maximum absolute atomic E-state index is 14.2. The SMILES string of the molecule is Cc1csc(C#Cc2cccc3cc([C@H](C)NC(=O)c4c(C)nn5cccnc45)n(-c4ccccc4)c(=O)c23)n1. The van der Waals surface area contributed by atoms with Gasteiger partial charge in [-0.3, -0.25) is 14.2 Å². The molecule has 4 aromatic heterocycles. The lowest BCUT2D eigenvalue weighted by Crippen LogP contribution is -2.32. The number of carbonyl (C=O) groups is 1. The summed E-state index contributed by atoms with van der Waals surface area (Å²) in [6, 6.07) is 18.2. The van der Waals surface area contributed by atoms with Crippen LogP contribution in [0.1, 0.15) is 51.0 Å². The van der Waals surface area contributed by atoms with Gasteiger partial charge >= 0.3 is 0 Å². The molecule has 0 aliphatic carbocycles. The highest BCUT2D eigenvalue weighted by molar-refractivity contribution is 7.10. The summed E-state index contributed by atoms with van der Waals surface area (Å²) in [6.45, 7) is 5.56. The molecular formula is C31H24N6O2S. The molecule has 0 saturated heterocycles. The molecule has 0 unspecified atom stereocenters. The zero-order chi connectivity index (χ0) is 27.8. The third kappa shape index (κ3) is 4.55. The van der Waals surface area contributed by atoms with Crippen molar-refractivity contribution in [2.24, 2.45) is 0 Å². The van der Waals surface area contributed by atoms with E-state index in [1.807, 2.05) is 73.8 Å². The molecule has 1 amide bonds. The number of thiazole rings is 1. The van der Waals surface area contributed by atoms with Crippen molar-refractivity contribution in [3.63, 3.8) is 0 Å². The van der Waals surface area contributed by atoms with Crippen molar-refractivity contribution in [1.82, 2.24) is 29.5 Å². The van der Waals surface area contributed by atoms with Gasteiger partial charge in [0.15, 0.2) is 10.7 Å². The number of nitrogens with zero attached hydrogens (tertiary/aromatic N) is 5. The monoisotopic (exact) mass is 544 g/mol. The van der Waals surface area contributed by atoms with Crippen molar-refractivity contribution in [3.05, 3.63) is 122 Å². The molecule has 0 fully saturated rings. The van der Waals surface area contributed by atoms with Gasteiger partial charge in [0.2, 0.25) is 0 Å². The van der Waals surface area contributed by atoms with Crippen LogP contribution in [0.4, 0.5) is 0 Å². The number of para-hydroxylation sites is 1. The molecule has 196 valence electrons. The molecule has 0 aliphatic heterocycles. The van der Waals surface area contributed by atoms with Gasteiger partial charge in [-0.25, -0.2) is 14.5 Å². The Morgan fingerprint density at radius 2 is 1.88 bits per heavy atom. The van der Waals surface area contributed by atoms with Crippen LogP contribution in [-0.4, -0.2) is 30.1 Å². The van der Waals surface area contributed by atoms with Crippen molar-refractivity contribution in [2.45, 2.75) is 26.8 Å². The Balaban J connectivity index is 1.48. The Morgan fingerprint density at radius 3 is 2.65 bits per heavy atom. The molecule has 9 heteroatoms. The summed E-state index contributed by atoms with van der Waals surface area (Å²) >= 11 is 1.47. The van der Waals surface area contributed by atoms with Crippen LogP contribution < -0.4 is 10.9 Å². The molecule has 2 aromatic carbocycles. The van der Waals surface area contributed by atoms with Crippen molar-refractivity contribution in [1.29, 1.82) is 0 Å². The van der Waals surface area contributed by atoms with Gasteiger partial charge in [-0.2, -0.15) is 5.10 Å². The van der Waals surface area contributed by atoms with Crippen LogP contribution >= 0.6 is 11.3 Å². The normalized spacial score (nSPS) is 11.8. The van der Waals surface area contributed by atoms with E-state index in [1.165, 1.54) is 11.3 Å². The largest absolute Gasteiger partial charge is 0.344 e. The highest BCUT2D eigenvalue weighted by atomic mass is 32.1. The van der Waals surface area contributed by atoms with Gasteiger partial charge in [0.25, 0.3) is 11.5 Å². The molecule has 8 nitrogen and oxygen atoms in total. The Morgan fingerprint density at radius 1 is 1.05 bits per heavy atom. The first kappa shape index (κ1) is 25.2. The van der Waals surface area contributed by atoms with Gasteiger partial charge < -0.3 is 5.32 Å². The van der Waals surface area contributed by atoms with Gasteiger partial charge in [-0.15, -0.1) is 11.3 Å². The fourth-order valence-electron chi connectivity index (χ4n) is 4.79.